The fourth-order valence-electron chi connectivity index (χ4n) is 3.55. The molecule has 0 unspecified atom stereocenters. The highest BCUT2D eigenvalue weighted by atomic mass is 16.6. The number of benzene rings is 2. The summed E-state index contributed by atoms with van der Waals surface area (Å²) in [5.41, 5.74) is -1.96. The molecule has 2 aromatic rings. The van der Waals surface area contributed by atoms with Gasteiger partial charge in [-0.15, -0.1) is 0 Å². The third-order valence-electron chi connectivity index (χ3n) is 4.67. The first kappa shape index (κ1) is 16.5. The van der Waals surface area contributed by atoms with E-state index in [9.17, 15) is 9.90 Å². The molecule has 24 heavy (non-hydrogen) atoms. The van der Waals surface area contributed by atoms with Crippen molar-refractivity contribution in [1.29, 1.82) is 0 Å². The predicted octanol–water partition coefficient (Wildman–Crippen LogP) is 3.27. The molecule has 126 valence electrons. The molecule has 0 fully saturated rings. The molecular formula is C20H22O4. The SMILES string of the molecule is CCOC(=O)[C@]1(C(C)C)Oc2ccccc2[C@@]1(O)c1ccccc1. The van der Waals surface area contributed by atoms with E-state index in [0.29, 0.717) is 16.9 Å². The lowest BCUT2D eigenvalue weighted by atomic mass is 9.69. The van der Waals surface area contributed by atoms with Crippen LogP contribution in [0.15, 0.2) is 54.6 Å². The molecule has 0 aromatic heterocycles. The summed E-state index contributed by atoms with van der Waals surface area (Å²) in [4.78, 5) is 13.0. The lowest BCUT2D eigenvalue weighted by Gasteiger charge is -2.41. The van der Waals surface area contributed by atoms with Crippen molar-refractivity contribution < 1.29 is 19.4 Å². The van der Waals surface area contributed by atoms with Gasteiger partial charge in [0, 0.05) is 11.5 Å². The third-order valence-corrected chi connectivity index (χ3v) is 4.67. The Hall–Kier alpha value is -2.33. The monoisotopic (exact) mass is 326 g/mol. The summed E-state index contributed by atoms with van der Waals surface area (Å²) in [6, 6.07) is 16.4. The highest BCUT2D eigenvalue weighted by Crippen LogP contribution is 2.54. The summed E-state index contributed by atoms with van der Waals surface area (Å²) >= 11 is 0. The Kier molecular flexibility index (Phi) is 4.10. The fraction of sp³-hybridized carbons (Fsp3) is 0.350. The van der Waals surface area contributed by atoms with E-state index in [2.05, 4.69) is 0 Å². The summed E-state index contributed by atoms with van der Waals surface area (Å²) in [6.45, 7) is 5.68. The van der Waals surface area contributed by atoms with Gasteiger partial charge in [0.2, 0.25) is 5.60 Å². The van der Waals surface area contributed by atoms with E-state index in [4.69, 9.17) is 9.47 Å². The minimum absolute atomic E-state index is 0.220. The van der Waals surface area contributed by atoms with Crippen LogP contribution in [0, 0.1) is 5.92 Å². The first-order chi connectivity index (χ1) is 11.5. The van der Waals surface area contributed by atoms with Crippen LogP contribution in [0.3, 0.4) is 0 Å². The molecule has 3 rings (SSSR count). The average Bonchev–Trinajstić information content (AvgIpc) is 2.88. The Balaban J connectivity index is 2.31. The number of fused-ring (bicyclic) bond motifs is 1. The van der Waals surface area contributed by atoms with E-state index in [-0.39, 0.29) is 12.5 Å². The summed E-state index contributed by atoms with van der Waals surface area (Å²) in [6.07, 6.45) is 0. The number of para-hydroxylation sites is 1. The van der Waals surface area contributed by atoms with E-state index >= 15 is 0 Å². The van der Waals surface area contributed by atoms with Gasteiger partial charge in [-0.25, -0.2) is 4.79 Å². The number of esters is 1. The van der Waals surface area contributed by atoms with Crippen molar-refractivity contribution in [3.63, 3.8) is 0 Å². The van der Waals surface area contributed by atoms with E-state index in [1.807, 2.05) is 56.3 Å². The smallest absolute Gasteiger partial charge is 0.354 e. The third kappa shape index (κ3) is 2.06. The van der Waals surface area contributed by atoms with Crippen LogP contribution < -0.4 is 4.74 Å². The van der Waals surface area contributed by atoms with Gasteiger partial charge in [-0.1, -0.05) is 62.4 Å². The van der Waals surface area contributed by atoms with Crippen molar-refractivity contribution in [3.05, 3.63) is 65.7 Å². The first-order valence-corrected chi connectivity index (χ1v) is 8.22. The molecule has 1 aliphatic rings. The van der Waals surface area contributed by atoms with Gasteiger partial charge < -0.3 is 14.6 Å². The van der Waals surface area contributed by atoms with Crippen LogP contribution in [0.4, 0.5) is 0 Å². The van der Waals surface area contributed by atoms with Crippen LogP contribution in [-0.4, -0.2) is 23.3 Å². The fourth-order valence-corrected chi connectivity index (χ4v) is 3.55. The summed E-state index contributed by atoms with van der Waals surface area (Å²) in [5.74, 6) is -0.359. The largest absolute Gasteiger partial charge is 0.471 e. The minimum Gasteiger partial charge on any atom is -0.471 e. The Bertz CT molecular complexity index is 740. The topological polar surface area (TPSA) is 55.8 Å². The maximum Gasteiger partial charge on any atom is 0.354 e. The Morgan fingerprint density at radius 1 is 1.12 bits per heavy atom. The molecule has 4 nitrogen and oxygen atoms in total. The molecule has 0 saturated heterocycles. The molecule has 0 amide bonds. The lowest BCUT2D eigenvalue weighted by Crippen LogP contribution is -2.62. The predicted molar refractivity (Wildman–Crippen MR) is 90.7 cm³/mol. The summed E-state index contributed by atoms with van der Waals surface area (Å²) in [7, 11) is 0. The van der Waals surface area contributed by atoms with Crippen molar-refractivity contribution in [2.45, 2.75) is 32.0 Å². The lowest BCUT2D eigenvalue weighted by molar-refractivity contribution is -0.187. The van der Waals surface area contributed by atoms with Crippen LogP contribution in [0.2, 0.25) is 0 Å². The molecule has 4 heteroatoms. The molecule has 0 bridgehead atoms. The van der Waals surface area contributed by atoms with Gasteiger partial charge in [0.05, 0.1) is 6.61 Å². The molecule has 1 N–H and O–H groups in total. The van der Waals surface area contributed by atoms with Gasteiger partial charge in [-0.2, -0.15) is 0 Å². The number of hydrogen-bond donors (Lipinski definition) is 1. The quantitative estimate of drug-likeness (QED) is 0.876. The highest BCUT2D eigenvalue weighted by Gasteiger charge is 2.67. The maximum absolute atomic E-state index is 13.0. The zero-order chi connectivity index (χ0) is 17.4. The zero-order valence-corrected chi connectivity index (χ0v) is 14.2. The standard InChI is InChI=1S/C20H22O4/c1-4-23-18(21)20(14(2)3)19(22,15-10-6-5-7-11-15)16-12-8-9-13-17(16)24-20/h5-14,22H,4H2,1-3H3/t19-,20-/m0/s1. The Labute approximate surface area is 142 Å². The van der Waals surface area contributed by atoms with Gasteiger partial charge >= 0.3 is 5.97 Å². The molecule has 0 saturated carbocycles. The molecule has 2 aromatic carbocycles. The molecular weight excluding hydrogens is 304 g/mol. The van der Waals surface area contributed by atoms with Crippen molar-refractivity contribution in [1.82, 2.24) is 0 Å². The molecule has 1 heterocycles. The summed E-state index contributed by atoms with van der Waals surface area (Å²) < 4.78 is 11.4. The van der Waals surface area contributed by atoms with Gasteiger partial charge in [-0.05, 0) is 18.6 Å². The average molecular weight is 326 g/mol. The number of rotatable bonds is 4. The van der Waals surface area contributed by atoms with Crippen molar-refractivity contribution in [3.8, 4) is 5.75 Å². The maximum atomic E-state index is 13.0. The van der Waals surface area contributed by atoms with E-state index in [1.165, 1.54) is 0 Å². The minimum atomic E-state index is -1.62. The van der Waals surface area contributed by atoms with Crippen LogP contribution >= 0.6 is 0 Å². The van der Waals surface area contributed by atoms with Gasteiger partial charge in [0.1, 0.15) is 5.75 Å². The van der Waals surface area contributed by atoms with Crippen molar-refractivity contribution in [2.75, 3.05) is 6.61 Å². The number of ether oxygens (including phenoxy) is 2. The second-order valence-corrected chi connectivity index (χ2v) is 6.29. The second kappa shape index (κ2) is 5.95. The first-order valence-electron chi connectivity index (χ1n) is 8.22. The number of carbonyl (C=O) groups is 1. The summed E-state index contributed by atoms with van der Waals surface area (Å²) in [5, 5.41) is 11.9. The number of aliphatic hydroxyl groups is 1. The second-order valence-electron chi connectivity index (χ2n) is 6.29. The molecule has 0 radical (unpaired) electrons. The van der Waals surface area contributed by atoms with E-state index < -0.39 is 17.2 Å². The van der Waals surface area contributed by atoms with Gasteiger partial charge in [0.25, 0.3) is 0 Å². The molecule has 0 spiro atoms. The van der Waals surface area contributed by atoms with Crippen LogP contribution in [0.5, 0.6) is 5.75 Å². The Morgan fingerprint density at radius 3 is 2.38 bits per heavy atom. The van der Waals surface area contributed by atoms with Crippen molar-refractivity contribution in [2.24, 2.45) is 5.92 Å². The van der Waals surface area contributed by atoms with Gasteiger partial charge in [-0.3, -0.25) is 0 Å². The molecule has 0 aliphatic carbocycles. The van der Waals surface area contributed by atoms with Crippen LogP contribution in [0.1, 0.15) is 31.9 Å². The highest BCUT2D eigenvalue weighted by molar-refractivity contribution is 5.86. The van der Waals surface area contributed by atoms with Crippen LogP contribution in [0.25, 0.3) is 0 Å². The van der Waals surface area contributed by atoms with Crippen LogP contribution in [-0.2, 0) is 15.1 Å². The molecule has 2 atom stereocenters. The molecule has 1 aliphatic heterocycles. The van der Waals surface area contributed by atoms with Crippen molar-refractivity contribution >= 4 is 5.97 Å². The van der Waals surface area contributed by atoms with E-state index in [1.54, 1.807) is 19.1 Å². The number of hydrogen-bond acceptors (Lipinski definition) is 4. The zero-order valence-electron chi connectivity index (χ0n) is 14.2. The normalized spacial score (nSPS) is 25.2. The van der Waals surface area contributed by atoms with Gasteiger partial charge in [0.15, 0.2) is 5.60 Å². The number of carbonyl (C=O) groups excluding carboxylic acids is 1. The Morgan fingerprint density at radius 2 is 1.75 bits per heavy atom. The van der Waals surface area contributed by atoms with E-state index in [0.717, 1.165) is 0 Å².